The topological polar surface area (TPSA) is 96.3 Å². The zero-order valence-electron chi connectivity index (χ0n) is 19.6. The van der Waals surface area contributed by atoms with Gasteiger partial charge in [0, 0.05) is 42.3 Å². The summed E-state index contributed by atoms with van der Waals surface area (Å²) in [5, 5.41) is 7.28. The molecule has 1 aliphatic rings. The molecule has 0 spiro atoms. The maximum atomic E-state index is 12.5. The third kappa shape index (κ3) is 5.77. The molecule has 180 valence electrons. The van der Waals surface area contributed by atoms with Gasteiger partial charge in [-0.1, -0.05) is 18.2 Å². The molecule has 1 fully saturated rings. The molecule has 0 atom stereocenters. The van der Waals surface area contributed by atoms with E-state index in [1.54, 1.807) is 12.1 Å². The van der Waals surface area contributed by atoms with Crippen LogP contribution in [0.4, 0.5) is 11.4 Å². The van der Waals surface area contributed by atoms with Gasteiger partial charge in [0.1, 0.15) is 5.75 Å². The number of rotatable bonds is 8. The van der Waals surface area contributed by atoms with Gasteiger partial charge < -0.3 is 10.2 Å². The van der Waals surface area contributed by atoms with Crippen molar-refractivity contribution in [2.75, 3.05) is 28.5 Å². The summed E-state index contributed by atoms with van der Waals surface area (Å²) >= 11 is 0. The third-order valence-electron chi connectivity index (χ3n) is 6.09. The highest BCUT2D eigenvalue weighted by Gasteiger charge is 2.19. The van der Waals surface area contributed by atoms with E-state index in [0.717, 1.165) is 41.4 Å². The minimum absolute atomic E-state index is 0.212. The second-order valence-electron chi connectivity index (χ2n) is 8.63. The van der Waals surface area contributed by atoms with Gasteiger partial charge in [0.15, 0.2) is 0 Å². The van der Waals surface area contributed by atoms with Crippen molar-refractivity contribution in [1.82, 2.24) is 15.1 Å². The minimum atomic E-state index is -3.83. The first-order chi connectivity index (χ1) is 16.3. The first-order valence-electron chi connectivity index (χ1n) is 11.5. The highest BCUT2D eigenvalue weighted by atomic mass is 32.2. The number of hydrogen-bond acceptors (Lipinski definition) is 5. The van der Waals surface area contributed by atoms with Gasteiger partial charge in [-0.25, -0.2) is 13.1 Å². The molecule has 1 amide bonds. The Balaban J connectivity index is 1.33. The van der Waals surface area contributed by atoms with Gasteiger partial charge in [-0.2, -0.15) is 5.10 Å². The lowest BCUT2D eigenvalue weighted by Gasteiger charge is -2.28. The number of hydrogen-bond donors (Lipinski definition) is 2. The van der Waals surface area contributed by atoms with E-state index in [1.165, 1.54) is 19.3 Å². The molecule has 2 aromatic carbocycles. The Morgan fingerprint density at radius 1 is 0.941 bits per heavy atom. The van der Waals surface area contributed by atoms with Gasteiger partial charge in [-0.05, 0) is 69.5 Å². The molecule has 1 saturated heterocycles. The third-order valence-corrected chi connectivity index (χ3v) is 7.28. The SMILES string of the molecule is Cc1nn(-c2ccccc2)c(C)c1CNC(=O)CS(=O)(=O)Nc1ccc(N2CCCCC2)cc1. The highest BCUT2D eigenvalue weighted by Crippen LogP contribution is 2.22. The van der Waals surface area contributed by atoms with Gasteiger partial charge in [-0.15, -0.1) is 0 Å². The molecule has 0 bridgehead atoms. The zero-order chi connectivity index (χ0) is 24.1. The fourth-order valence-electron chi connectivity index (χ4n) is 4.27. The van der Waals surface area contributed by atoms with E-state index in [9.17, 15) is 13.2 Å². The van der Waals surface area contributed by atoms with E-state index in [0.29, 0.717) is 5.69 Å². The van der Waals surface area contributed by atoms with Crippen molar-refractivity contribution in [3.8, 4) is 5.69 Å². The Kier molecular flexibility index (Phi) is 7.21. The van der Waals surface area contributed by atoms with Crippen LogP contribution in [0.3, 0.4) is 0 Å². The molecule has 3 aromatic rings. The second kappa shape index (κ2) is 10.3. The lowest BCUT2D eigenvalue weighted by atomic mass is 10.1. The maximum Gasteiger partial charge on any atom is 0.241 e. The van der Waals surface area contributed by atoms with Crippen LogP contribution in [0, 0.1) is 13.8 Å². The van der Waals surface area contributed by atoms with Crippen molar-refractivity contribution < 1.29 is 13.2 Å². The van der Waals surface area contributed by atoms with Crippen LogP contribution < -0.4 is 14.9 Å². The van der Waals surface area contributed by atoms with Crippen LogP contribution in [0.25, 0.3) is 5.69 Å². The second-order valence-corrected chi connectivity index (χ2v) is 10.4. The molecular formula is C25H31N5O3S. The summed E-state index contributed by atoms with van der Waals surface area (Å²) in [5.74, 6) is -1.21. The summed E-state index contributed by atoms with van der Waals surface area (Å²) in [5.41, 5.74) is 5.02. The quantitative estimate of drug-likeness (QED) is 0.513. The molecule has 0 radical (unpaired) electrons. The molecular weight excluding hydrogens is 450 g/mol. The lowest BCUT2D eigenvalue weighted by Crippen LogP contribution is -2.32. The fraction of sp³-hybridized carbons (Fsp3) is 0.360. The fourth-order valence-corrected chi connectivity index (χ4v) is 5.28. The van der Waals surface area contributed by atoms with Crippen molar-refractivity contribution in [3.05, 3.63) is 71.5 Å². The van der Waals surface area contributed by atoms with Crippen molar-refractivity contribution in [1.29, 1.82) is 0 Å². The van der Waals surface area contributed by atoms with Crippen molar-refractivity contribution in [2.24, 2.45) is 0 Å². The highest BCUT2D eigenvalue weighted by molar-refractivity contribution is 7.93. The Hall–Kier alpha value is -3.33. The monoisotopic (exact) mass is 481 g/mol. The first kappa shape index (κ1) is 23.8. The number of carbonyl (C=O) groups excluding carboxylic acids is 1. The number of sulfonamides is 1. The summed E-state index contributed by atoms with van der Waals surface area (Å²) in [6.07, 6.45) is 3.61. The summed E-state index contributed by atoms with van der Waals surface area (Å²) < 4.78 is 29.4. The van der Waals surface area contributed by atoms with Crippen LogP contribution in [0.1, 0.15) is 36.2 Å². The van der Waals surface area contributed by atoms with Crippen molar-refractivity contribution >= 4 is 27.3 Å². The van der Waals surface area contributed by atoms with Gasteiger partial charge in [-0.3, -0.25) is 9.52 Å². The Labute approximate surface area is 201 Å². The van der Waals surface area contributed by atoms with Gasteiger partial charge in [0.25, 0.3) is 0 Å². The number of nitrogens with zero attached hydrogens (tertiary/aromatic N) is 3. The minimum Gasteiger partial charge on any atom is -0.372 e. The van der Waals surface area contributed by atoms with E-state index in [1.807, 2.05) is 61.0 Å². The Morgan fingerprint density at radius 3 is 2.29 bits per heavy atom. The predicted molar refractivity (Wildman–Crippen MR) is 135 cm³/mol. The van der Waals surface area contributed by atoms with Crippen molar-refractivity contribution in [3.63, 3.8) is 0 Å². The largest absolute Gasteiger partial charge is 0.372 e. The number of benzene rings is 2. The maximum absolute atomic E-state index is 12.5. The van der Waals surface area contributed by atoms with E-state index < -0.39 is 21.7 Å². The number of carbonyl (C=O) groups is 1. The van der Waals surface area contributed by atoms with Crippen LogP contribution in [0.15, 0.2) is 54.6 Å². The van der Waals surface area contributed by atoms with Crippen LogP contribution in [-0.2, 0) is 21.4 Å². The standard InChI is InChI=1S/C25H31N5O3S/c1-19-24(20(2)30(27-19)23-9-5-3-6-10-23)17-26-25(31)18-34(32,33)28-21-11-13-22(14-12-21)29-15-7-4-8-16-29/h3,5-6,9-14,28H,4,7-8,15-18H2,1-2H3,(H,26,31). The van der Waals surface area contributed by atoms with Gasteiger partial charge in [0.05, 0.1) is 11.4 Å². The molecule has 1 aliphatic heterocycles. The van der Waals surface area contributed by atoms with E-state index in [2.05, 4.69) is 20.0 Å². The van der Waals surface area contributed by atoms with Crippen LogP contribution >= 0.6 is 0 Å². The molecule has 2 heterocycles. The number of piperidine rings is 1. The predicted octanol–water partition coefficient (Wildman–Crippen LogP) is 3.54. The summed E-state index contributed by atoms with van der Waals surface area (Å²) in [4.78, 5) is 14.7. The average Bonchev–Trinajstić information content (AvgIpc) is 3.12. The Morgan fingerprint density at radius 2 is 1.62 bits per heavy atom. The smallest absolute Gasteiger partial charge is 0.241 e. The van der Waals surface area contributed by atoms with Gasteiger partial charge >= 0.3 is 0 Å². The van der Waals surface area contributed by atoms with Gasteiger partial charge in [0.2, 0.25) is 15.9 Å². The molecule has 0 saturated carbocycles. The number of amides is 1. The zero-order valence-corrected chi connectivity index (χ0v) is 20.4. The summed E-state index contributed by atoms with van der Waals surface area (Å²) in [6, 6.07) is 17.0. The molecule has 8 nitrogen and oxygen atoms in total. The molecule has 4 rings (SSSR count). The average molecular weight is 482 g/mol. The normalized spacial score (nSPS) is 14.1. The number of aryl methyl sites for hydroxylation is 1. The lowest BCUT2D eigenvalue weighted by molar-refractivity contribution is -0.118. The van der Waals surface area contributed by atoms with Crippen LogP contribution in [-0.4, -0.2) is 42.9 Å². The molecule has 9 heteroatoms. The molecule has 1 aromatic heterocycles. The van der Waals surface area contributed by atoms with Crippen LogP contribution in [0.5, 0.6) is 0 Å². The number of para-hydroxylation sites is 1. The molecule has 2 N–H and O–H groups in total. The number of nitrogens with one attached hydrogen (secondary N) is 2. The van der Waals surface area contributed by atoms with E-state index >= 15 is 0 Å². The molecule has 34 heavy (non-hydrogen) atoms. The summed E-state index contributed by atoms with van der Waals surface area (Å²) in [6.45, 7) is 6.06. The Bertz CT molecular complexity index is 1230. The van der Waals surface area contributed by atoms with E-state index in [-0.39, 0.29) is 6.54 Å². The molecule has 0 aliphatic carbocycles. The summed E-state index contributed by atoms with van der Waals surface area (Å²) in [7, 11) is -3.83. The number of anilines is 2. The van der Waals surface area contributed by atoms with Crippen LogP contribution in [0.2, 0.25) is 0 Å². The first-order valence-corrected chi connectivity index (χ1v) is 13.2. The van der Waals surface area contributed by atoms with E-state index in [4.69, 9.17) is 0 Å². The molecule has 0 unspecified atom stereocenters. The number of aromatic nitrogens is 2. The van der Waals surface area contributed by atoms with Crippen molar-refractivity contribution in [2.45, 2.75) is 39.7 Å².